The van der Waals surface area contributed by atoms with E-state index in [1.165, 1.54) is 40.4 Å². The third-order valence-electron chi connectivity index (χ3n) is 3.10. The lowest BCUT2D eigenvalue weighted by atomic mass is 9.95. The van der Waals surface area contributed by atoms with E-state index in [9.17, 15) is 0 Å². The molecule has 2 heteroatoms. The number of aromatic nitrogens is 1. The van der Waals surface area contributed by atoms with Crippen molar-refractivity contribution in [2.45, 2.75) is 25.7 Å². The normalized spacial score (nSPS) is 15.3. The molecule has 0 saturated heterocycles. The molecule has 15 heavy (non-hydrogen) atoms. The van der Waals surface area contributed by atoms with Crippen molar-refractivity contribution in [3.8, 4) is 0 Å². The van der Waals surface area contributed by atoms with Crippen molar-refractivity contribution >= 4 is 26.8 Å². The molecule has 0 bridgehead atoms. The molecule has 1 aliphatic carbocycles. The van der Waals surface area contributed by atoms with Gasteiger partial charge in [-0.1, -0.05) is 18.2 Å². The molecule has 1 aromatic carbocycles. The molecule has 0 spiro atoms. The summed E-state index contributed by atoms with van der Waals surface area (Å²) in [6.45, 7) is 0. The highest BCUT2D eigenvalue weighted by atomic mass is 79.9. The van der Waals surface area contributed by atoms with Gasteiger partial charge in [-0.15, -0.1) is 0 Å². The number of pyridine rings is 1. The topological polar surface area (TPSA) is 12.9 Å². The van der Waals surface area contributed by atoms with Crippen molar-refractivity contribution in [2.75, 3.05) is 0 Å². The van der Waals surface area contributed by atoms with Crippen LogP contribution in [-0.4, -0.2) is 4.98 Å². The Morgan fingerprint density at radius 3 is 2.80 bits per heavy atom. The van der Waals surface area contributed by atoms with Crippen LogP contribution in [0.3, 0.4) is 0 Å². The Labute approximate surface area is 97.7 Å². The average Bonchev–Trinajstić information content (AvgIpc) is 2.30. The number of aryl methyl sites for hydroxylation is 1. The van der Waals surface area contributed by atoms with Gasteiger partial charge in [-0.3, -0.25) is 4.98 Å². The zero-order chi connectivity index (χ0) is 10.3. The highest BCUT2D eigenvalue weighted by molar-refractivity contribution is 9.10. The molecule has 0 amide bonds. The number of nitrogens with zero attached hydrogens (tertiary/aromatic N) is 1. The minimum absolute atomic E-state index is 1.12. The lowest BCUT2D eigenvalue weighted by Gasteiger charge is -2.17. The van der Waals surface area contributed by atoms with E-state index in [1.54, 1.807) is 0 Å². The summed E-state index contributed by atoms with van der Waals surface area (Å²) in [5, 5.41) is 1.25. The van der Waals surface area contributed by atoms with Crippen molar-refractivity contribution in [1.82, 2.24) is 4.98 Å². The Morgan fingerprint density at radius 1 is 1.07 bits per heavy atom. The maximum absolute atomic E-state index is 4.75. The Balaban J connectivity index is 2.36. The molecule has 0 radical (unpaired) electrons. The maximum Gasteiger partial charge on any atom is 0.0716 e. The van der Waals surface area contributed by atoms with Crippen molar-refractivity contribution in [3.63, 3.8) is 0 Å². The maximum atomic E-state index is 4.75. The second-order valence-corrected chi connectivity index (χ2v) is 4.87. The quantitative estimate of drug-likeness (QED) is 0.702. The van der Waals surface area contributed by atoms with Gasteiger partial charge in [-0.05, 0) is 53.2 Å². The summed E-state index contributed by atoms with van der Waals surface area (Å²) in [5.74, 6) is 0. The van der Waals surface area contributed by atoms with Gasteiger partial charge in [0, 0.05) is 15.6 Å². The monoisotopic (exact) mass is 261 g/mol. The summed E-state index contributed by atoms with van der Waals surface area (Å²) in [7, 11) is 0. The summed E-state index contributed by atoms with van der Waals surface area (Å²) in [5.41, 5.74) is 3.84. The zero-order valence-electron chi connectivity index (χ0n) is 8.46. The molecule has 0 aliphatic heterocycles. The molecule has 2 aromatic rings. The minimum Gasteiger partial charge on any atom is -0.252 e. The van der Waals surface area contributed by atoms with E-state index in [0.717, 1.165) is 11.9 Å². The van der Waals surface area contributed by atoms with Crippen LogP contribution in [0.25, 0.3) is 10.9 Å². The molecule has 1 nitrogen and oxygen atoms in total. The minimum atomic E-state index is 1.12. The molecule has 76 valence electrons. The molecule has 0 fully saturated rings. The Hall–Kier alpha value is -0.890. The number of hydrogen-bond acceptors (Lipinski definition) is 1. The van der Waals surface area contributed by atoms with Gasteiger partial charge >= 0.3 is 0 Å². The molecule has 1 aromatic heterocycles. The SMILES string of the molecule is Brc1c2c(nc3ccccc13)CCCC2. The summed E-state index contributed by atoms with van der Waals surface area (Å²) in [6, 6.07) is 8.36. The van der Waals surface area contributed by atoms with Crippen molar-refractivity contribution < 1.29 is 0 Å². The Kier molecular flexibility index (Phi) is 2.24. The van der Waals surface area contributed by atoms with Gasteiger partial charge in [0.15, 0.2) is 0 Å². The van der Waals surface area contributed by atoms with Gasteiger partial charge in [-0.25, -0.2) is 0 Å². The first-order valence-electron chi connectivity index (χ1n) is 5.42. The highest BCUT2D eigenvalue weighted by Crippen LogP contribution is 2.32. The second kappa shape index (κ2) is 3.60. The highest BCUT2D eigenvalue weighted by Gasteiger charge is 2.15. The summed E-state index contributed by atoms with van der Waals surface area (Å²) in [4.78, 5) is 4.75. The van der Waals surface area contributed by atoms with Gasteiger partial charge in [0.2, 0.25) is 0 Å². The Morgan fingerprint density at radius 2 is 1.87 bits per heavy atom. The second-order valence-electron chi connectivity index (χ2n) is 4.08. The summed E-state index contributed by atoms with van der Waals surface area (Å²) in [6.07, 6.45) is 4.89. The predicted molar refractivity (Wildman–Crippen MR) is 66.1 cm³/mol. The summed E-state index contributed by atoms with van der Waals surface area (Å²) < 4.78 is 1.27. The first-order valence-corrected chi connectivity index (χ1v) is 6.21. The van der Waals surface area contributed by atoms with E-state index in [-0.39, 0.29) is 0 Å². The zero-order valence-corrected chi connectivity index (χ0v) is 10.0. The number of para-hydroxylation sites is 1. The van der Waals surface area contributed by atoms with Crippen LogP contribution in [-0.2, 0) is 12.8 Å². The van der Waals surface area contributed by atoms with Crippen molar-refractivity contribution in [2.24, 2.45) is 0 Å². The summed E-state index contributed by atoms with van der Waals surface area (Å²) >= 11 is 3.73. The van der Waals surface area contributed by atoms with Crippen LogP contribution in [0.15, 0.2) is 28.7 Å². The van der Waals surface area contributed by atoms with E-state index in [4.69, 9.17) is 4.98 Å². The van der Waals surface area contributed by atoms with E-state index >= 15 is 0 Å². The molecule has 3 rings (SSSR count). The van der Waals surface area contributed by atoms with Gasteiger partial charge < -0.3 is 0 Å². The first-order chi connectivity index (χ1) is 7.36. The average molecular weight is 262 g/mol. The van der Waals surface area contributed by atoms with Crippen LogP contribution >= 0.6 is 15.9 Å². The fourth-order valence-electron chi connectivity index (χ4n) is 2.31. The standard InChI is InChI=1S/C13H12BrN/c14-13-9-5-1-3-7-11(9)15-12-8-4-2-6-10(12)13/h1,3,5,7H,2,4,6,8H2. The van der Waals surface area contributed by atoms with Gasteiger partial charge in [0.05, 0.1) is 5.52 Å². The number of fused-ring (bicyclic) bond motifs is 2. The lowest BCUT2D eigenvalue weighted by molar-refractivity contribution is 0.669. The van der Waals surface area contributed by atoms with Crippen LogP contribution in [0.4, 0.5) is 0 Å². The molecule has 0 N–H and O–H groups in total. The smallest absolute Gasteiger partial charge is 0.0716 e. The predicted octanol–water partition coefficient (Wildman–Crippen LogP) is 3.88. The third kappa shape index (κ3) is 1.48. The molecule has 0 unspecified atom stereocenters. The molecule has 1 aliphatic rings. The fraction of sp³-hybridized carbons (Fsp3) is 0.308. The number of rotatable bonds is 0. The number of halogens is 1. The molecule has 0 atom stereocenters. The largest absolute Gasteiger partial charge is 0.252 e. The van der Waals surface area contributed by atoms with Crippen LogP contribution in [0.2, 0.25) is 0 Å². The van der Waals surface area contributed by atoms with Crippen molar-refractivity contribution in [1.29, 1.82) is 0 Å². The molecule has 0 saturated carbocycles. The fourth-order valence-corrected chi connectivity index (χ4v) is 3.08. The third-order valence-corrected chi connectivity index (χ3v) is 4.01. The number of hydrogen-bond donors (Lipinski definition) is 0. The van der Waals surface area contributed by atoms with E-state index < -0.39 is 0 Å². The van der Waals surface area contributed by atoms with E-state index in [2.05, 4.69) is 40.2 Å². The van der Waals surface area contributed by atoms with Crippen LogP contribution < -0.4 is 0 Å². The van der Waals surface area contributed by atoms with Crippen LogP contribution in [0.1, 0.15) is 24.1 Å². The number of benzene rings is 1. The molecular weight excluding hydrogens is 250 g/mol. The van der Waals surface area contributed by atoms with Crippen LogP contribution in [0.5, 0.6) is 0 Å². The van der Waals surface area contributed by atoms with Crippen LogP contribution in [0, 0.1) is 0 Å². The van der Waals surface area contributed by atoms with Gasteiger partial charge in [0.25, 0.3) is 0 Å². The molecule has 1 heterocycles. The first kappa shape index (κ1) is 9.34. The van der Waals surface area contributed by atoms with Crippen molar-refractivity contribution in [3.05, 3.63) is 40.0 Å². The van der Waals surface area contributed by atoms with Gasteiger partial charge in [-0.2, -0.15) is 0 Å². The van der Waals surface area contributed by atoms with Gasteiger partial charge in [0.1, 0.15) is 0 Å². The lowest BCUT2D eigenvalue weighted by Crippen LogP contribution is -2.06. The Bertz CT molecular complexity index is 519. The molecular formula is C13H12BrN. The van der Waals surface area contributed by atoms with E-state index in [0.29, 0.717) is 0 Å². The van der Waals surface area contributed by atoms with E-state index in [1.807, 2.05) is 0 Å².